The van der Waals surface area contributed by atoms with Crippen LogP contribution in [-0.4, -0.2) is 48.5 Å². The second-order valence-corrected chi connectivity index (χ2v) is 5.09. The van der Waals surface area contributed by atoms with Crippen molar-refractivity contribution in [1.82, 2.24) is 4.90 Å². The number of ether oxygens (including phenoxy) is 2. The first-order chi connectivity index (χ1) is 11.1. The Kier molecular flexibility index (Phi) is 5.65. The summed E-state index contributed by atoms with van der Waals surface area (Å²) in [6, 6.07) is 6.71. The van der Waals surface area contributed by atoms with Gasteiger partial charge in [0.25, 0.3) is 11.8 Å². The molecule has 1 heterocycles. The fourth-order valence-electron chi connectivity index (χ4n) is 2.24. The van der Waals surface area contributed by atoms with Gasteiger partial charge in [-0.25, -0.2) is 4.79 Å². The monoisotopic (exact) mass is 317 g/mol. The molecule has 1 unspecified atom stereocenters. The second-order valence-electron chi connectivity index (χ2n) is 5.09. The first kappa shape index (κ1) is 16.9. The van der Waals surface area contributed by atoms with E-state index in [1.807, 2.05) is 0 Å². The smallest absolute Gasteiger partial charge is 0.334 e. The third-order valence-corrected chi connectivity index (χ3v) is 3.44. The molecule has 0 aromatic heterocycles. The zero-order chi connectivity index (χ0) is 16.8. The molecule has 1 aromatic rings. The molecular weight excluding hydrogens is 298 g/mol. The highest BCUT2D eigenvalue weighted by Crippen LogP contribution is 2.22. The lowest BCUT2D eigenvalue weighted by atomic mass is 10.1. The van der Waals surface area contributed by atoms with Crippen LogP contribution in [0.2, 0.25) is 0 Å². The molecule has 1 aliphatic rings. The van der Waals surface area contributed by atoms with Gasteiger partial charge in [-0.3, -0.25) is 14.5 Å². The summed E-state index contributed by atoms with van der Waals surface area (Å²) >= 11 is 0. The molecule has 2 amide bonds. The molecule has 2 rings (SSSR count). The number of nitrogens with zero attached hydrogens (tertiary/aromatic N) is 1. The molecule has 6 nitrogen and oxygen atoms in total. The highest BCUT2D eigenvalue weighted by Gasteiger charge is 2.34. The van der Waals surface area contributed by atoms with Crippen LogP contribution < -0.4 is 0 Å². The Morgan fingerprint density at radius 2 is 1.87 bits per heavy atom. The van der Waals surface area contributed by atoms with Crippen molar-refractivity contribution in [2.24, 2.45) is 0 Å². The SMILES string of the molecule is C=CCOC(C)C(=O)OCCCN1C(=O)c2ccccc2C1=O. The van der Waals surface area contributed by atoms with Gasteiger partial charge in [0.2, 0.25) is 0 Å². The summed E-state index contributed by atoms with van der Waals surface area (Å²) in [6.07, 6.45) is 1.25. The van der Waals surface area contributed by atoms with Gasteiger partial charge in [-0.2, -0.15) is 0 Å². The van der Waals surface area contributed by atoms with Crippen LogP contribution in [0.3, 0.4) is 0 Å². The highest BCUT2D eigenvalue weighted by atomic mass is 16.6. The fourth-order valence-corrected chi connectivity index (χ4v) is 2.24. The van der Waals surface area contributed by atoms with Crippen molar-refractivity contribution >= 4 is 17.8 Å². The molecule has 0 bridgehead atoms. The molecule has 122 valence electrons. The number of hydrogen-bond acceptors (Lipinski definition) is 5. The number of esters is 1. The Morgan fingerprint density at radius 3 is 2.43 bits per heavy atom. The Labute approximate surface area is 134 Å². The minimum Gasteiger partial charge on any atom is -0.464 e. The van der Waals surface area contributed by atoms with E-state index in [1.165, 1.54) is 4.90 Å². The number of amides is 2. The molecule has 0 aliphatic carbocycles. The summed E-state index contributed by atoms with van der Waals surface area (Å²) in [5, 5.41) is 0. The first-order valence-corrected chi connectivity index (χ1v) is 7.40. The van der Waals surface area contributed by atoms with Crippen LogP contribution in [-0.2, 0) is 14.3 Å². The summed E-state index contributed by atoms with van der Waals surface area (Å²) in [5.74, 6) is -1.09. The Bertz CT molecular complexity index is 590. The molecule has 0 saturated carbocycles. The lowest BCUT2D eigenvalue weighted by Crippen LogP contribution is -2.32. The van der Waals surface area contributed by atoms with Crippen LogP contribution in [0.4, 0.5) is 0 Å². The van der Waals surface area contributed by atoms with Crippen molar-refractivity contribution in [3.8, 4) is 0 Å². The normalized spacial score (nSPS) is 14.6. The van der Waals surface area contributed by atoms with E-state index in [0.29, 0.717) is 17.5 Å². The van der Waals surface area contributed by atoms with Crippen molar-refractivity contribution in [3.05, 3.63) is 48.0 Å². The number of rotatable bonds is 8. The second kappa shape index (κ2) is 7.69. The van der Waals surface area contributed by atoms with Crippen molar-refractivity contribution in [2.45, 2.75) is 19.4 Å². The topological polar surface area (TPSA) is 72.9 Å². The van der Waals surface area contributed by atoms with Gasteiger partial charge in [-0.1, -0.05) is 18.2 Å². The van der Waals surface area contributed by atoms with Crippen molar-refractivity contribution < 1.29 is 23.9 Å². The van der Waals surface area contributed by atoms with Gasteiger partial charge in [-0.05, 0) is 25.5 Å². The Balaban J connectivity index is 1.78. The van der Waals surface area contributed by atoms with Crippen LogP contribution in [0.1, 0.15) is 34.1 Å². The maximum Gasteiger partial charge on any atom is 0.334 e. The number of carbonyl (C=O) groups excluding carboxylic acids is 3. The van der Waals surface area contributed by atoms with E-state index in [0.717, 1.165) is 0 Å². The maximum atomic E-state index is 12.1. The number of benzene rings is 1. The summed E-state index contributed by atoms with van der Waals surface area (Å²) in [5.41, 5.74) is 0.835. The van der Waals surface area contributed by atoms with E-state index in [-0.39, 0.29) is 31.6 Å². The van der Waals surface area contributed by atoms with Gasteiger partial charge < -0.3 is 9.47 Å². The summed E-state index contributed by atoms with van der Waals surface area (Å²) < 4.78 is 10.2. The number of fused-ring (bicyclic) bond motifs is 1. The molecule has 0 radical (unpaired) electrons. The van der Waals surface area contributed by atoms with E-state index in [2.05, 4.69) is 6.58 Å². The van der Waals surface area contributed by atoms with E-state index < -0.39 is 12.1 Å². The quantitative estimate of drug-likeness (QED) is 0.316. The van der Waals surface area contributed by atoms with Gasteiger partial charge in [0, 0.05) is 6.54 Å². The van der Waals surface area contributed by atoms with E-state index in [4.69, 9.17) is 9.47 Å². The summed E-state index contributed by atoms with van der Waals surface area (Å²) in [6.45, 7) is 5.69. The highest BCUT2D eigenvalue weighted by molar-refractivity contribution is 6.21. The average Bonchev–Trinajstić information content (AvgIpc) is 2.81. The van der Waals surface area contributed by atoms with Gasteiger partial charge >= 0.3 is 5.97 Å². The van der Waals surface area contributed by atoms with E-state index >= 15 is 0 Å². The molecule has 6 heteroatoms. The number of hydrogen-bond donors (Lipinski definition) is 0. The van der Waals surface area contributed by atoms with Crippen molar-refractivity contribution in [3.63, 3.8) is 0 Å². The number of imide groups is 1. The van der Waals surface area contributed by atoms with Gasteiger partial charge in [0.15, 0.2) is 6.10 Å². The lowest BCUT2D eigenvalue weighted by Gasteiger charge is -2.15. The van der Waals surface area contributed by atoms with Gasteiger partial charge in [0.1, 0.15) is 0 Å². The van der Waals surface area contributed by atoms with Gasteiger partial charge in [-0.15, -0.1) is 6.58 Å². The molecule has 0 fully saturated rings. The van der Waals surface area contributed by atoms with Crippen LogP contribution in [0.5, 0.6) is 0 Å². The van der Waals surface area contributed by atoms with Crippen molar-refractivity contribution in [1.29, 1.82) is 0 Å². The fraction of sp³-hybridized carbons (Fsp3) is 0.353. The van der Waals surface area contributed by atoms with Crippen LogP contribution in [0.25, 0.3) is 0 Å². The Morgan fingerprint density at radius 1 is 1.26 bits per heavy atom. The minimum atomic E-state index is -0.674. The van der Waals surface area contributed by atoms with Crippen LogP contribution in [0.15, 0.2) is 36.9 Å². The molecule has 23 heavy (non-hydrogen) atoms. The van der Waals surface area contributed by atoms with Gasteiger partial charge in [0.05, 0.1) is 24.3 Å². The Hall–Kier alpha value is -2.47. The molecular formula is C17H19NO5. The van der Waals surface area contributed by atoms with Crippen LogP contribution in [0, 0.1) is 0 Å². The third-order valence-electron chi connectivity index (χ3n) is 3.44. The maximum absolute atomic E-state index is 12.1. The van der Waals surface area contributed by atoms with E-state index in [9.17, 15) is 14.4 Å². The van der Waals surface area contributed by atoms with Crippen molar-refractivity contribution in [2.75, 3.05) is 19.8 Å². The third kappa shape index (κ3) is 3.84. The average molecular weight is 317 g/mol. The standard InChI is InChI=1S/C17H19NO5/c1-3-10-22-12(2)17(21)23-11-6-9-18-15(19)13-7-4-5-8-14(13)16(18)20/h3-5,7-8,12H,1,6,9-11H2,2H3. The molecule has 0 N–H and O–H groups in total. The summed E-state index contributed by atoms with van der Waals surface area (Å²) in [7, 11) is 0. The zero-order valence-electron chi connectivity index (χ0n) is 13.0. The predicted octanol–water partition coefficient (Wildman–Crippen LogP) is 1.81. The largest absolute Gasteiger partial charge is 0.464 e. The molecule has 0 spiro atoms. The number of carbonyl (C=O) groups is 3. The van der Waals surface area contributed by atoms with E-state index in [1.54, 1.807) is 37.3 Å². The zero-order valence-corrected chi connectivity index (χ0v) is 13.0. The molecule has 0 saturated heterocycles. The predicted molar refractivity (Wildman–Crippen MR) is 83.0 cm³/mol. The lowest BCUT2D eigenvalue weighted by molar-refractivity contribution is -0.155. The first-order valence-electron chi connectivity index (χ1n) is 7.40. The summed E-state index contributed by atoms with van der Waals surface area (Å²) in [4.78, 5) is 37.1. The molecule has 1 aromatic carbocycles. The minimum absolute atomic E-state index is 0.119. The molecule has 1 aliphatic heterocycles. The van der Waals surface area contributed by atoms with Crippen LogP contribution >= 0.6 is 0 Å². The molecule has 1 atom stereocenters.